The van der Waals surface area contributed by atoms with Crippen LogP contribution in [0.25, 0.3) is 0 Å². The highest BCUT2D eigenvalue weighted by molar-refractivity contribution is 4.74. The molecule has 0 radical (unpaired) electrons. The molecule has 54 valence electrons. The Morgan fingerprint density at radius 3 is 3.00 bits per heavy atom. The Kier molecular flexibility index (Phi) is 2.42. The number of nitrogens with zero attached hydrogens (tertiary/aromatic N) is 1. The van der Waals surface area contributed by atoms with E-state index < -0.39 is 0 Å². The van der Waals surface area contributed by atoms with Crippen molar-refractivity contribution in [2.24, 2.45) is 0 Å². The highest BCUT2D eigenvalue weighted by Crippen LogP contribution is 2.14. The van der Waals surface area contributed by atoms with E-state index in [-0.39, 0.29) is 6.61 Å². The second-order valence-corrected chi connectivity index (χ2v) is 2.55. The zero-order valence-electron chi connectivity index (χ0n) is 5.64. The van der Waals surface area contributed by atoms with Crippen LogP contribution in [-0.4, -0.2) is 31.1 Å². The molecule has 0 aromatic rings. The van der Waals surface area contributed by atoms with Gasteiger partial charge in [0.2, 0.25) is 0 Å². The highest BCUT2D eigenvalue weighted by Gasteiger charge is 2.20. The number of rotatable bonds is 2. The third kappa shape index (κ3) is 1.63. The Balaban J connectivity index is 2.22. The maximum Gasteiger partial charge on any atom is 0.103 e. The first-order chi connectivity index (χ1) is 4.34. The van der Waals surface area contributed by atoms with Gasteiger partial charge < -0.3 is 4.90 Å². The second kappa shape index (κ2) is 3.13. The smallest absolute Gasteiger partial charge is 0.103 e. The number of likely N-dealkylation sites (N-methyl/N-ethyl adjacent to an activating group) is 1. The first-order valence-corrected chi connectivity index (χ1v) is 3.28. The molecule has 0 spiro atoms. The first kappa shape index (κ1) is 6.96. The summed E-state index contributed by atoms with van der Waals surface area (Å²) in [7, 11) is 2.00. The second-order valence-electron chi connectivity index (χ2n) is 2.55. The summed E-state index contributed by atoms with van der Waals surface area (Å²) in [6.07, 6.45) is 2.24. The van der Waals surface area contributed by atoms with Crippen LogP contribution in [0.4, 0.5) is 4.53 Å². The van der Waals surface area contributed by atoms with Gasteiger partial charge in [0.15, 0.2) is 0 Å². The molecule has 1 aliphatic rings. The molecule has 0 aromatic carbocycles. The van der Waals surface area contributed by atoms with Gasteiger partial charge in [-0.2, -0.15) is 4.94 Å². The van der Waals surface area contributed by atoms with E-state index in [9.17, 15) is 4.53 Å². The van der Waals surface area contributed by atoms with Crippen molar-refractivity contribution in [1.82, 2.24) is 4.90 Å². The van der Waals surface area contributed by atoms with Crippen molar-refractivity contribution < 1.29 is 9.47 Å². The predicted octanol–water partition coefficient (Wildman–Crippen LogP) is 0.982. The minimum Gasteiger partial charge on any atom is -0.301 e. The highest BCUT2D eigenvalue weighted by atomic mass is 19.3. The molecule has 0 saturated carbocycles. The van der Waals surface area contributed by atoms with Crippen molar-refractivity contribution >= 4 is 0 Å². The van der Waals surface area contributed by atoms with Crippen LogP contribution < -0.4 is 0 Å². The van der Waals surface area contributed by atoms with Crippen molar-refractivity contribution in [1.29, 1.82) is 0 Å². The third-order valence-corrected chi connectivity index (χ3v) is 1.93. The Morgan fingerprint density at radius 2 is 2.56 bits per heavy atom. The van der Waals surface area contributed by atoms with E-state index in [2.05, 4.69) is 9.84 Å². The molecule has 1 saturated heterocycles. The SMILES string of the molecule is CN1CCC[C@H]1COF. The molecule has 0 unspecified atom stereocenters. The van der Waals surface area contributed by atoms with E-state index in [0.717, 1.165) is 13.0 Å². The van der Waals surface area contributed by atoms with Gasteiger partial charge in [0, 0.05) is 6.04 Å². The van der Waals surface area contributed by atoms with Gasteiger partial charge >= 0.3 is 0 Å². The van der Waals surface area contributed by atoms with Crippen LogP contribution in [-0.2, 0) is 4.94 Å². The summed E-state index contributed by atoms with van der Waals surface area (Å²) < 4.78 is 11.3. The Bertz CT molecular complexity index is 89.1. The van der Waals surface area contributed by atoms with Crippen molar-refractivity contribution in [3.8, 4) is 0 Å². The number of hydrogen-bond acceptors (Lipinski definition) is 2. The maximum absolute atomic E-state index is 11.3. The van der Waals surface area contributed by atoms with Gasteiger partial charge in [0.1, 0.15) is 6.61 Å². The molecule has 9 heavy (non-hydrogen) atoms. The van der Waals surface area contributed by atoms with E-state index in [1.165, 1.54) is 6.42 Å². The fourth-order valence-corrected chi connectivity index (χ4v) is 1.26. The zero-order chi connectivity index (χ0) is 6.69. The van der Waals surface area contributed by atoms with Crippen molar-refractivity contribution in [3.05, 3.63) is 0 Å². The van der Waals surface area contributed by atoms with Crippen LogP contribution in [0.15, 0.2) is 0 Å². The molecule has 0 aromatic heterocycles. The number of hydrogen-bond donors (Lipinski definition) is 0. The fourth-order valence-electron chi connectivity index (χ4n) is 1.26. The molecule has 1 atom stereocenters. The van der Waals surface area contributed by atoms with Gasteiger partial charge in [-0.1, -0.05) is 0 Å². The van der Waals surface area contributed by atoms with Gasteiger partial charge in [0.25, 0.3) is 0 Å². The van der Waals surface area contributed by atoms with Crippen molar-refractivity contribution in [2.45, 2.75) is 18.9 Å². The van der Waals surface area contributed by atoms with Gasteiger partial charge in [-0.15, -0.1) is 0 Å². The van der Waals surface area contributed by atoms with Crippen LogP contribution in [0, 0.1) is 0 Å². The van der Waals surface area contributed by atoms with Crippen LogP contribution in [0.5, 0.6) is 0 Å². The molecule has 0 N–H and O–H groups in total. The molecule has 1 heterocycles. The standard InChI is InChI=1S/C6H12FNO/c1-8-4-2-3-6(8)5-9-7/h6H,2-5H2,1H3/t6-/m0/s1. The fraction of sp³-hybridized carbons (Fsp3) is 1.00. The molecule has 3 heteroatoms. The van der Waals surface area contributed by atoms with Gasteiger partial charge in [-0.3, -0.25) is 0 Å². The summed E-state index contributed by atoms with van der Waals surface area (Å²) in [6.45, 7) is 1.31. The lowest BCUT2D eigenvalue weighted by molar-refractivity contribution is -0.144. The van der Waals surface area contributed by atoms with E-state index in [0.29, 0.717) is 6.04 Å². The van der Waals surface area contributed by atoms with Crippen LogP contribution >= 0.6 is 0 Å². The molecular weight excluding hydrogens is 121 g/mol. The van der Waals surface area contributed by atoms with Gasteiger partial charge in [0.05, 0.1) is 0 Å². The molecule has 1 rings (SSSR count). The summed E-state index contributed by atoms with van der Waals surface area (Å²) in [5.41, 5.74) is 0. The summed E-state index contributed by atoms with van der Waals surface area (Å²) in [6, 6.07) is 0.315. The predicted molar refractivity (Wildman–Crippen MR) is 32.7 cm³/mol. The summed E-state index contributed by atoms with van der Waals surface area (Å²) >= 11 is 0. The quantitative estimate of drug-likeness (QED) is 0.556. The van der Waals surface area contributed by atoms with Gasteiger partial charge in [-0.05, 0) is 31.0 Å². The first-order valence-electron chi connectivity index (χ1n) is 3.28. The van der Waals surface area contributed by atoms with E-state index >= 15 is 0 Å². The molecule has 0 aliphatic carbocycles. The average molecular weight is 133 g/mol. The van der Waals surface area contributed by atoms with Crippen LogP contribution in [0.3, 0.4) is 0 Å². The monoisotopic (exact) mass is 133 g/mol. The molecule has 1 aliphatic heterocycles. The topological polar surface area (TPSA) is 12.5 Å². The van der Waals surface area contributed by atoms with Crippen molar-refractivity contribution in [2.75, 3.05) is 20.2 Å². The summed E-state index contributed by atoms with van der Waals surface area (Å²) in [5.74, 6) is 0. The van der Waals surface area contributed by atoms with E-state index in [4.69, 9.17) is 0 Å². The lowest BCUT2D eigenvalue weighted by Crippen LogP contribution is -2.28. The summed E-state index contributed by atoms with van der Waals surface area (Å²) in [5, 5.41) is 0. The molecule has 2 nitrogen and oxygen atoms in total. The Morgan fingerprint density at radius 1 is 1.78 bits per heavy atom. The van der Waals surface area contributed by atoms with Gasteiger partial charge in [-0.25, -0.2) is 0 Å². The largest absolute Gasteiger partial charge is 0.301 e. The van der Waals surface area contributed by atoms with Crippen molar-refractivity contribution in [3.63, 3.8) is 0 Å². The molecule has 1 fully saturated rings. The maximum atomic E-state index is 11.3. The minimum absolute atomic E-state index is 0.233. The molecule has 0 amide bonds. The van der Waals surface area contributed by atoms with E-state index in [1.54, 1.807) is 0 Å². The lowest BCUT2D eigenvalue weighted by atomic mass is 10.2. The Labute approximate surface area is 54.5 Å². The summed E-state index contributed by atoms with van der Waals surface area (Å²) in [4.78, 5) is 5.68. The minimum atomic E-state index is 0.233. The molecule has 0 bridgehead atoms. The Hall–Kier alpha value is -0.150. The number of halogens is 1. The average Bonchev–Trinajstić information content (AvgIpc) is 2.18. The van der Waals surface area contributed by atoms with E-state index in [1.807, 2.05) is 7.05 Å². The third-order valence-electron chi connectivity index (χ3n) is 1.93. The van der Waals surface area contributed by atoms with Crippen LogP contribution in [0.1, 0.15) is 12.8 Å². The van der Waals surface area contributed by atoms with Crippen LogP contribution in [0.2, 0.25) is 0 Å². The lowest BCUT2D eigenvalue weighted by Gasteiger charge is -2.15. The normalized spacial score (nSPS) is 29.3. The zero-order valence-corrected chi connectivity index (χ0v) is 5.64. The number of likely N-dealkylation sites (tertiary alicyclic amines) is 1. The molecular formula is C6H12FNO.